The number of carbonyl (C=O) groups is 1. The molecular formula is C14H18N4O2. The molecule has 1 amide bonds. The Kier molecular flexibility index (Phi) is 3.86. The summed E-state index contributed by atoms with van der Waals surface area (Å²) in [6.07, 6.45) is 1.39. The molecule has 0 fully saturated rings. The molecule has 0 spiro atoms. The summed E-state index contributed by atoms with van der Waals surface area (Å²) >= 11 is 0. The predicted molar refractivity (Wildman–Crippen MR) is 77.1 cm³/mol. The van der Waals surface area contributed by atoms with E-state index >= 15 is 0 Å². The lowest BCUT2D eigenvalue weighted by atomic mass is 10.0. The van der Waals surface area contributed by atoms with Gasteiger partial charge < -0.3 is 4.74 Å². The Morgan fingerprint density at radius 1 is 1.45 bits per heavy atom. The zero-order valence-electron chi connectivity index (χ0n) is 12.0. The first-order valence-electron chi connectivity index (χ1n) is 6.59. The third kappa shape index (κ3) is 3.22. The van der Waals surface area contributed by atoms with Gasteiger partial charge >= 0.3 is 6.09 Å². The molecule has 6 nitrogen and oxygen atoms in total. The number of fused-ring (bicyclic) bond motifs is 1. The molecule has 0 atom stereocenters. The van der Waals surface area contributed by atoms with Crippen LogP contribution in [0.25, 0.3) is 10.4 Å². The maximum atomic E-state index is 12.2. The second-order valence-corrected chi connectivity index (χ2v) is 5.74. The maximum absolute atomic E-state index is 12.2. The van der Waals surface area contributed by atoms with Crippen LogP contribution < -0.4 is 4.90 Å². The lowest BCUT2D eigenvalue weighted by Crippen LogP contribution is -2.39. The molecule has 1 aliphatic rings. The summed E-state index contributed by atoms with van der Waals surface area (Å²) < 4.78 is 5.42. The number of hydrogen-bond donors (Lipinski definition) is 0. The van der Waals surface area contributed by atoms with E-state index in [-0.39, 0.29) is 6.09 Å². The Morgan fingerprint density at radius 2 is 2.20 bits per heavy atom. The fraction of sp³-hybridized carbons (Fsp3) is 0.500. The molecule has 2 rings (SSSR count). The molecule has 106 valence electrons. The maximum Gasteiger partial charge on any atom is 0.414 e. The first kappa shape index (κ1) is 14.2. The lowest BCUT2D eigenvalue weighted by molar-refractivity contribution is 0.0578. The molecule has 0 radical (unpaired) electrons. The van der Waals surface area contributed by atoms with Gasteiger partial charge in [-0.3, -0.25) is 4.90 Å². The summed E-state index contributed by atoms with van der Waals surface area (Å²) in [5, 5.41) is 3.59. The third-order valence-electron chi connectivity index (χ3n) is 2.96. The molecule has 0 bridgehead atoms. The largest absolute Gasteiger partial charge is 0.443 e. The molecular weight excluding hydrogens is 256 g/mol. The molecule has 6 heteroatoms. The van der Waals surface area contributed by atoms with Crippen LogP contribution in [0.1, 0.15) is 32.8 Å². The van der Waals surface area contributed by atoms with Crippen molar-refractivity contribution in [2.24, 2.45) is 5.11 Å². The first-order valence-corrected chi connectivity index (χ1v) is 6.59. The zero-order valence-corrected chi connectivity index (χ0v) is 12.0. The van der Waals surface area contributed by atoms with Gasteiger partial charge in [-0.25, -0.2) is 4.79 Å². The van der Waals surface area contributed by atoms with E-state index in [9.17, 15) is 4.79 Å². The SMILES string of the molecule is CC(C)(C)OC(=O)N1CCCc2cc(N=[N+]=[N-])ccc21. The van der Waals surface area contributed by atoms with Crippen LogP contribution >= 0.6 is 0 Å². The van der Waals surface area contributed by atoms with Crippen LogP contribution in [0.4, 0.5) is 16.2 Å². The monoisotopic (exact) mass is 274 g/mol. The number of carbonyl (C=O) groups excluding carboxylic acids is 1. The molecule has 0 aliphatic carbocycles. The van der Waals surface area contributed by atoms with E-state index in [1.165, 1.54) is 0 Å². The number of nitrogens with zero attached hydrogens (tertiary/aromatic N) is 4. The quantitative estimate of drug-likeness (QED) is 0.434. The van der Waals surface area contributed by atoms with Gasteiger partial charge in [0.2, 0.25) is 0 Å². The van der Waals surface area contributed by atoms with Gasteiger partial charge in [-0.05, 0) is 56.8 Å². The van der Waals surface area contributed by atoms with E-state index in [1.54, 1.807) is 11.0 Å². The second-order valence-electron chi connectivity index (χ2n) is 5.74. The fourth-order valence-electron chi connectivity index (χ4n) is 2.20. The number of aryl methyl sites for hydroxylation is 1. The summed E-state index contributed by atoms with van der Waals surface area (Å²) in [4.78, 5) is 16.6. The van der Waals surface area contributed by atoms with E-state index in [4.69, 9.17) is 10.3 Å². The number of anilines is 1. The molecule has 1 aromatic carbocycles. The normalized spacial score (nSPS) is 14.2. The van der Waals surface area contributed by atoms with Crippen molar-refractivity contribution in [1.82, 2.24) is 0 Å². The average molecular weight is 274 g/mol. The molecule has 0 aromatic heterocycles. The topological polar surface area (TPSA) is 78.3 Å². The van der Waals surface area contributed by atoms with Crippen LogP contribution in [-0.2, 0) is 11.2 Å². The van der Waals surface area contributed by atoms with Crippen LogP contribution in [0, 0.1) is 0 Å². The van der Waals surface area contributed by atoms with Crippen molar-refractivity contribution in [3.8, 4) is 0 Å². The van der Waals surface area contributed by atoms with Crippen LogP contribution in [0.15, 0.2) is 23.3 Å². The van der Waals surface area contributed by atoms with E-state index in [1.807, 2.05) is 32.9 Å². The molecule has 0 saturated carbocycles. The highest BCUT2D eigenvalue weighted by molar-refractivity contribution is 5.89. The number of hydrogen-bond acceptors (Lipinski definition) is 3. The van der Waals surface area contributed by atoms with Gasteiger partial charge in [0.1, 0.15) is 5.60 Å². The minimum Gasteiger partial charge on any atom is -0.443 e. The van der Waals surface area contributed by atoms with Gasteiger partial charge in [0.25, 0.3) is 0 Å². The third-order valence-corrected chi connectivity index (χ3v) is 2.96. The molecule has 1 heterocycles. The lowest BCUT2D eigenvalue weighted by Gasteiger charge is -2.31. The summed E-state index contributed by atoms with van der Waals surface area (Å²) in [6, 6.07) is 5.34. The van der Waals surface area contributed by atoms with Gasteiger partial charge in [0.05, 0.1) is 5.69 Å². The van der Waals surface area contributed by atoms with E-state index in [0.717, 1.165) is 24.1 Å². The Morgan fingerprint density at radius 3 is 2.85 bits per heavy atom. The van der Waals surface area contributed by atoms with Gasteiger partial charge in [0, 0.05) is 17.1 Å². The van der Waals surface area contributed by atoms with Crippen LogP contribution in [0.5, 0.6) is 0 Å². The number of rotatable bonds is 1. The summed E-state index contributed by atoms with van der Waals surface area (Å²) in [7, 11) is 0. The number of benzene rings is 1. The van der Waals surface area contributed by atoms with E-state index in [2.05, 4.69) is 10.0 Å². The van der Waals surface area contributed by atoms with Gasteiger partial charge in [-0.15, -0.1) is 0 Å². The first-order chi connectivity index (χ1) is 9.40. The molecule has 1 aromatic rings. The number of azide groups is 1. The van der Waals surface area contributed by atoms with Crippen molar-refractivity contribution >= 4 is 17.5 Å². The average Bonchev–Trinajstić information content (AvgIpc) is 2.36. The predicted octanol–water partition coefficient (Wildman–Crippen LogP) is 4.32. The van der Waals surface area contributed by atoms with Crippen molar-refractivity contribution in [3.05, 3.63) is 34.2 Å². The van der Waals surface area contributed by atoms with Crippen LogP contribution in [-0.4, -0.2) is 18.2 Å². The Balaban J connectivity index is 2.28. The van der Waals surface area contributed by atoms with Crippen molar-refractivity contribution in [3.63, 3.8) is 0 Å². The number of amides is 1. The highest BCUT2D eigenvalue weighted by atomic mass is 16.6. The van der Waals surface area contributed by atoms with Crippen LogP contribution in [0.2, 0.25) is 0 Å². The van der Waals surface area contributed by atoms with Crippen molar-refractivity contribution in [2.45, 2.75) is 39.2 Å². The van der Waals surface area contributed by atoms with Gasteiger partial charge in [-0.2, -0.15) is 0 Å². The van der Waals surface area contributed by atoms with Gasteiger partial charge in [-0.1, -0.05) is 11.2 Å². The molecule has 0 saturated heterocycles. The Bertz CT molecular complexity index is 571. The summed E-state index contributed by atoms with van der Waals surface area (Å²) in [5.74, 6) is 0. The van der Waals surface area contributed by atoms with Crippen molar-refractivity contribution < 1.29 is 9.53 Å². The minimum atomic E-state index is -0.514. The van der Waals surface area contributed by atoms with Crippen LogP contribution in [0.3, 0.4) is 0 Å². The highest BCUT2D eigenvalue weighted by Gasteiger charge is 2.27. The molecule has 0 N–H and O–H groups in total. The Labute approximate surface area is 118 Å². The molecule has 20 heavy (non-hydrogen) atoms. The second kappa shape index (κ2) is 5.43. The number of ether oxygens (including phenoxy) is 1. The van der Waals surface area contributed by atoms with Crippen molar-refractivity contribution in [1.29, 1.82) is 0 Å². The van der Waals surface area contributed by atoms with Gasteiger partial charge in [0.15, 0.2) is 0 Å². The Hall–Kier alpha value is -2.20. The van der Waals surface area contributed by atoms with Crippen molar-refractivity contribution in [2.75, 3.05) is 11.4 Å². The fourth-order valence-corrected chi connectivity index (χ4v) is 2.20. The standard InChI is InChI=1S/C14H18N4O2/c1-14(2,3)20-13(19)18-8-4-5-10-9-11(16-17-15)6-7-12(10)18/h6-7,9H,4-5,8H2,1-3H3. The van der Waals surface area contributed by atoms with E-state index < -0.39 is 5.60 Å². The summed E-state index contributed by atoms with van der Waals surface area (Å²) in [5.41, 5.74) is 10.4. The minimum absolute atomic E-state index is 0.338. The highest BCUT2D eigenvalue weighted by Crippen LogP contribution is 2.31. The zero-order chi connectivity index (χ0) is 14.8. The molecule has 0 unspecified atom stereocenters. The molecule has 1 aliphatic heterocycles. The smallest absolute Gasteiger partial charge is 0.414 e. The summed E-state index contributed by atoms with van der Waals surface area (Å²) in [6.45, 7) is 6.18. The van der Waals surface area contributed by atoms with E-state index in [0.29, 0.717) is 12.2 Å².